The standard InChI is InChI=1S/C12H11ClN2O3S/c1-8-11(7-16)12(13)15(14-8)9-4-3-5-10(6-9)19(2,17)18/h3-7H,1-2H3. The zero-order valence-corrected chi connectivity index (χ0v) is 11.9. The molecule has 19 heavy (non-hydrogen) atoms. The maximum absolute atomic E-state index is 11.5. The normalized spacial score (nSPS) is 11.5. The molecule has 0 radical (unpaired) electrons. The number of carbonyl (C=O) groups excluding carboxylic acids is 1. The fourth-order valence-electron chi connectivity index (χ4n) is 1.66. The summed E-state index contributed by atoms with van der Waals surface area (Å²) in [5.74, 6) is 0. The average molecular weight is 299 g/mol. The van der Waals surface area contributed by atoms with E-state index >= 15 is 0 Å². The molecule has 100 valence electrons. The van der Waals surface area contributed by atoms with Gasteiger partial charge in [-0.15, -0.1) is 0 Å². The zero-order chi connectivity index (χ0) is 14.2. The molecule has 0 aliphatic carbocycles. The molecule has 5 nitrogen and oxygen atoms in total. The van der Waals surface area contributed by atoms with Crippen molar-refractivity contribution >= 4 is 27.7 Å². The van der Waals surface area contributed by atoms with Crippen molar-refractivity contribution in [2.24, 2.45) is 0 Å². The molecule has 0 saturated carbocycles. The fraction of sp³-hybridized carbons (Fsp3) is 0.167. The lowest BCUT2D eigenvalue weighted by molar-refractivity contribution is 0.112. The Balaban J connectivity index is 2.64. The molecule has 0 aliphatic heterocycles. The first kappa shape index (κ1) is 13.8. The van der Waals surface area contributed by atoms with Crippen molar-refractivity contribution in [3.63, 3.8) is 0 Å². The Morgan fingerprint density at radius 2 is 2.05 bits per heavy atom. The third-order valence-corrected chi connectivity index (χ3v) is 4.13. The molecular formula is C12H11ClN2O3S. The van der Waals surface area contributed by atoms with Crippen molar-refractivity contribution in [3.05, 3.63) is 40.7 Å². The predicted octanol–water partition coefficient (Wildman–Crippen LogP) is 2.05. The summed E-state index contributed by atoms with van der Waals surface area (Å²) in [7, 11) is -3.31. The van der Waals surface area contributed by atoms with E-state index < -0.39 is 9.84 Å². The van der Waals surface area contributed by atoms with Gasteiger partial charge in [0, 0.05) is 6.26 Å². The third-order valence-electron chi connectivity index (χ3n) is 2.66. The van der Waals surface area contributed by atoms with Crippen molar-refractivity contribution in [3.8, 4) is 5.69 Å². The van der Waals surface area contributed by atoms with Crippen LogP contribution in [0.15, 0.2) is 29.2 Å². The summed E-state index contributed by atoms with van der Waals surface area (Å²) in [5, 5.41) is 4.30. The Bertz CT molecular complexity index is 750. The Morgan fingerprint density at radius 1 is 1.37 bits per heavy atom. The number of nitrogens with zero attached hydrogens (tertiary/aromatic N) is 2. The van der Waals surface area contributed by atoms with Gasteiger partial charge in [0.1, 0.15) is 5.15 Å². The van der Waals surface area contributed by atoms with Gasteiger partial charge in [0.2, 0.25) is 0 Å². The van der Waals surface area contributed by atoms with E-state index in [4.69, 9.17) is 11.6 Å². The second kappa shape index (κ2) is 4.79. The molecule has 0 aliphatic rings. The van der Waals surface area contributed by atoms with Gasteiger partial charge >= 0.3 is 0 Å². The van der Waals surface area contributed by atoms with E-state index in [1.165, 1.54) is 16.8 Å². The number of aryl methyl sites for hydroxylation is 1. The summed E-state index contributed by atoms with van der Waals surface area (Å²) >= 11 is 6.05. The summed E-state index contributed by atoms with van der Waals surface area (Å²) in [6.45, 7) is 1.66. The smallest absolute Gasteiger partial charge is 0.175 e. The number of rotatable bonds is 3. The first-order valence-electron chi connectivity index (χ1n) is 5.35. The number of hydrogen-bond acceptors (Lipinski definition) is 4. The molecule has 7 heteroatoms. The highest BCUT2D eigenvalue weighted by Crippen LogP contribution is 2.23. The van der Waals surface area contributed by atoms with Crippen molar-refractivity contribution in [1.82, 2.24) is 9.78 Å². The highest BCUT2D eigenvalue weighted by molar-refractivity contribution is 7.90. The van der Waals surface area contributed by atoms with E-state index in [-0.39, 0.29) is 10.0 Å². The molecule has 0 N–H and O–H groups in total. The maximum Gasteiger partial charge on any atom is 0.175 e. The first-order valence-corrected chi connectivity index (χ1v) is 7.62. The number of benzene rings is 1. The van der Waals surface area contributed by atoms with Crippen molar-refractivity contribution in [2.75, 3.05) is 6.26 Å². The van der Waals surface area contributed by atoms with E-state index in [1.807, 2.05) is 0 Å². The minimum atomic E-state index is -3.31. The molecule has 1 aromatic carbocycles. The molecule has 0 unspecified atom stereocenters. The van der Waals surface area contributed by atoms with Gasteiger partial charge in [-0.05, 0) is 25.1 Å². The monoisotopic (exact) mass is 298 g/mol. The Kier molecular flexibility index (Phi) is 3.47. The summed E-state index contributed by atoms with van der Waals surface area (Å²) < 4.78 is 24.4. The summed E-state index contributed by atoms with van der Waals surface area (Å²) in [4.78, 5) is 11.1. The van der Waals surface area contributed by atoms with Gasteiger partial charge in [-0.25, -0.2) is 13.1 Å². The molecule has 0 amide bonds. The van der Waals surface area contributed by atoms with Crippen LogP contribution in [0.4, 0.5) is 0 Å². The van der Waals surface area contributed by atoms with Crippen LogP contribution < -0.4 is 0 Å². The predicted molar refractivity (Wildman–Crippen MR) is 71.8 cm³/mol. The summed E-state index contributed by atoms with van der Waals surface area (Å²) in [6.07, 6.45) is 1.75. The van der Waals surface area contributed by atoms with E-state index in [0.29, 0.717) is 23.2 Å². The molecule has 0 saturated heterocycles. The maximum atomic E-state index is 11.5. The lowest BCUT2D eigenvalue weighted by Gasteiger charge is -2.05. The van der Waals surface area contributed by atoms with Crippen LogP contribution in [-0.2, 0) is 9.84 Å². The zero-order valence-electron chi connectivity index (χ0n) is 10.3. The first-order chi connectivity index (χ1) is 8.84. The molecule has 0 atom stereocenters. The lowest BCUT2D eigenvalue weighted by atomic mass is 10.3. The molecule has 0 spiro atoms. The van der Waals surface area contributed by atoms with Gasteiger partial charge in [0.05, 0.1) is 21.8 Å². The summed E-state index contributed by atoms with van der Waals surface area (Å²) in [6, 6.07) is 6.22. The average Bonchev–Trinajstić information content (AvgIpc) is 2.63. The molecule has 1 aromatic heterocycles. The minimum Gasteiger partial charge on any atom is -0.298 e. The van der Waals surface area contributed by atoms with Gasteiger partial charge in [-0.1, -0.05) is 17.7 Å². The second-order valence-electron chi connectivity index (χ2n) is 4.09. The Hall–Kier alpha value is -1.66. The number of aromatic nitrogens is 2. The van der Waals surface area contributed by atoms with E-state index in [1.54, 1.807) is 19.1 Å². The number of halogens is 1. The number of hydrogen-bond donors (Lipinski definition) is 0. The van der Waals surface area contributed by atoms with Crippen molar-refractivity contribution < 1.29 is 13.2 Å². The van der Waals surface area contributed by atoms with Crippen molar-refractivity contribution in [1.29, 1.82) is 0 Å². The van der Waals surface area contributed by atoms with Crippen LogP contribution in [0, 0.1) is 6.92 Å². The van der Waals surface area contributed by atoms with Gasteiger partial charge in [0.25, 0.3) is 0 Å². The van der Waals surface area contributed by atoms with Crippen LogP contribution in [0.1, 0.15) is 16.1 Å². The van der Waals surface area contributed by atoms with E-state index in [9.17, 15) is 13.2 Å². The van der Waals surface area contributed by atoms with Crippen molar-refractivity contribution in [2.45, 2.75) is 11.8 Å². The third kappa shape index (κ3) is 2.54. The van der Waals surface area contributed by atoms with Crippen LogP contribution in [0.25, 0.3) is 5.69 Å². The highest BCUT2D eigenvalue weighted by atomic mass is 35.5. The quantitative estimate of drug-likeness (QED) is 0.813. The lowest BCUT2D eigenvalue weighted by Crippen LogP contribution is -2.01. The van der Waals surface area contributed by atoms with Crippen LogP contribution in [0.5, 0.6) is 0 Å². The number of carbonyl (C=O) groups is 1. The van der Waals surface area contributed by atoms with Crippen LogP contribution in [0.2, 0.25) is 5.15 Å². The van der Waals surface area contributed by atoms with Gasteiger partial charge < -0.3 is 0 Å². The second-order valence-corrected chi connectivity index (χ2v) is 6.46. The van der Waals surface area contributed by atoms with Crippen LogP contribution >= 0.6 is 11.6 Å². The Morgan fingerprint density at radius 3 is 2.58 bits per heavy atom. The van der Waals surface area contributed by atoms with Crippen LogP contribution in [0.3, 0.4) is 0 Å². The van der Waals surface area contributed by atoms with E-state index in [0.717, 1.165) is 6.26 Å². The van der Waals surface area contributed by atoms with Gasteiger partial charge in [-0.2, -0.15) is 5.10 Å². The van der Waals surface area contributed by atoms with Gasteiger partial charge in [-0.3, -0.25) is 4.79 Å². The molecule has 2 rings (SSSR count). The molecule has 0 fully saturated rings. The Labute approximate surface area is 115 Å². The molecular weight excluding hydrogens is 288 g/mol. The molecule has 1 heterocycles. The van der Waals surface area contributed by atoms with Crippen LogP contribution in [-0.4, -0.2) is 30.7 Å². The summed E-state index contributed by atoms with van der Waals surface area (Å²) in [5.41, 5.74) is 1.28. The highest BCUT2D eigenvalue weighted by Gasteiger charge is 2.15. The minimum absolute atomic E-state index is 0.165. The number of aldehydes is 1. The molecule has 2 aromatic rings. The largest absolute Gasteiger partial charge is 0.298 e. The van der Waals surface area contributed by atoms with E-state index in [2.05, 4.69) is 5.10 Å². The molecule has 0 bridgehead atoms. The number of sulfone groups is 1. The SMILES string of the molecule is Cc1nn(-c2cccc(S(C)(=O)=O)c2)c(Cl)c1C=O. The topological polar surface area (TPSA) is 69.0 Å². The fourth-order valence-corrected chi connectivity index (χ4v) is 2.64. The van der Waals surface area contributed by atoms with Gasteiger partial charge in [0.15, 0.2) is 16.1 Å².